The van der Waals surface area contributed by atoms with Gasteiger partial charge in [0.2, 0.25) is 0 Å². The van der Waals surface area contributed by atoms with Gasteiger partial charge in [0.25, 0.3) is 0 Å². The molecule has 1 aliphatic carbocycles. The molecule has 152 valence electrons. The van der Waals surface area contributed by atoms with Crippen LogP contribution in [-0.2, 0) is 16.0 Å². The minimum Gasteiger partial charge on any atom is -0.501 e. The normalized spacial score (nSPS) is 14.0. The summed E-state index contributed by atoms with van der Waals surface area (Å²) in [6.45, 7) is 6.47. The molecule has 0 aliphatic heterocycles. The molecule has 2 aromatic rings. The molecular formula is C25H28O3S. The van der Waals surface area contributed by atoms with Gasteiger partial charge in [0.1, 0.15) is 5.57 Å². The minimum atomic E-state index is -0.225. The van der Waals surface area contributed by atoms with E-state index in [4.69, 9.17) is 4.74 Å². The summed E-state index contributed by atoms with van der Waals surface area (Å²) in [5, 5.41) is 0. The van der Waals surface area contributed by atoms with Gasteiger partial charge in [-0.1, -0.05) is 37.3 Å². The zero-order valence-corrected chi connectivity index (χ0v) is 18.2. The second-order valence-corrected chi connectivity index (χ2v) is 8.57. The molecule has 0 spiro atoms. The van der Waals surface area contributed by atoms with E-state index in [9.17, 15) is 9.59 Å². The van der Waals surface area contributed by atoms with E-state index in [-0.39, 0.29) is 23.1 Å². The summed E-state index contributed by atoms with van der Waals surface area (Å²) >= 11 is 1.77. The van der Waals surface area contributed by atoms with Crippen LogP contribution in [0, 0.1) is 12.8 Å². The minimum absolute atomic E-state index is 0.0285. The average Bonchev–Trinajstić information content (AvgIpc) is 3.57. The third kappa shape index (κ3) is 5.18. The zero-order valence-electron chi connectivity index (χ0n) is 17.4. The first-order valence-corrected chi connectivity index (χ1v) is 11.2. The average molecular weight is 409 g/mol. The summed E-state index contributed by atoms with van der Waals surface area (Å²) in [7, 11) is 0. The van der Waals surface area contributed by atoms with Gasteiger partial charge in [0, 0.05) is 16.4 Å². The molecule has 2 aromatic carbocycles. The standard InChI is InChI=1S/C25H28O3S/c1-4-28-16-22(24(26)19-11-12-19)25(27)20-13-14-23(29-5-2)17(3)21(20)15-18-9-7-6-8-10-18/h6-10,13-14,16,19H,4-5,11-12,15H2,1-3H3. The van der Waals surface area contributed by atoms with Crippen molar-refractivity contribution in [2.45, 2.75) is 44.9 Å². The van der Waals surface area contributed by atoms with Crippen molar-refractivity contribution in [2.24, 2.45) is 5.92 Å². The monoisotopic (exact) mass is 408 g/mol. The molecule has 0 N–H and O–H groups in total. The number of benzene rings is 2. The van der Waals surface area contributed by atoms with Crippen molar-refractivity contribution in [3.8, 4) is 0 Å². The number of hydrogen-bond acceptors (Lipinski definition) is 4. The molecular weight excluding hydrogens is 380 g/mol. The van der Waals surface area contributed by atoms with Crippen LogP contribution in [0.4, 0.5) is 0 Å². The van der Waals surface area contributed by atoms with Crippen molar-refractivity contribution in [3.63, 3.8) is 0 Å². The Kier molecular flexibility index (Phi) is 7.32. The van der Waals surface area contributed by atoms with E-state index in [1.54, 1.807) is 11.8 Å². The first kappa shape index (κ1) is 21.4. The van der Waals surface area contributed by atoms with Crippen molar-refractivity contribution in [2.75, 3.05) is 12.4 Å². The molecule has 29 heavy (non-hydrogen) atoms. The number of carbonyl (C=O) groups excluding carboxylic acids is 2. The fourth-order valence-electron chi connectivity index (χ4n) is 3.39. The molecule has 3 rings (SSSR count). The van der Waals surface area contributed by atoms with E-state index < -0.39 is 0 Å². The molecule has 3 nitrogen and oxygen atoms in total. The Morgan fingerprint density at radius 3 is 2.45 bits per heavy atom. The molecule has 0 bridgehead atoms. The predicted octanol–water partition coefficient (Wildman–Crippen LogP) is 5.78. The lowest BCUT2D eigenvalue weighted by Crippen LogP contribution is -2.18. The van der Waals surface area contributed by atoms with E-state index in [1.807, 2.05) is 37.3 Å². The van der Waals surface area contributed by atoms with Gasteiger partial charge in [-0.15, -0.1) is 11.8 Å². The number of allylic oxidation sites excluding steroid dienone is 1. The Labute approximate surface area is 177 Å². The third-order valence-corrected chi connectivity index (χ3v) is 6.18. The molecule has 0 heterocycles. The lowest BCUT2D eigenvalue weighted by atomic mass is 9.89. The first-order chi connectivity index (χ1) is 14.1. The SMILES string of the molecule is CCOC=C(C(=O)c1ccc(SCC)c(C)c1Cc1ccccc1)C(=O)C1CC1. The van der Waals surface area contributed by atoms with Crippen molar-refractivity contribution >= 4 is 23.3 Å². The highest BCUT2D eigenvalue weighted by Gasteiger charge is 2.35. The maximum Gasteiger partial charge on any atom is 0.200 e. The van der Waals surface area contributed by atoms with Gasteiger partial charge in [-0.3, -0.25) is 9.59 Å². The van der Waals surface area contributed by atoms with E-state index in [0.717, 1.165) is 35.3 Å². The summed E-state index contributed by atoms with van der Waals surface area (Å²) in [4.78, 5) is 27.4. The second kappa shape index (κ2) is 9.93. The van der Waals surface area contributed by atoms with Crippen LogP contribution in [-0.4, -0.2) is 23.9 Å². The lowest BCUT2D eigenvalue weighted by molar-refractivity contribution is -0.116. The molecule has 4 heteroatoms. The number of ketones is 2. The van der Waals surface area contributed by atoms with Crippen LogP contribution in [0.1, 0.15) is 53.7 Å². The van der Waals surface area contributed by atoms with Crippen molar-refractivity contribution in [1.82, 2.24) is 0 Å². The Morgan fingerprint density at radius 2 is 1.83 bits per heavy atom. The molecule has 0 atom stereocenters. The van der Waals surface area contributed by atoms with Gasteiger partial charge in [-0.25, -0.2) is 0 Å². The Hall–Kier alpha value is -2.33. The van der Waals surface area contributed by atoms with Crippen LogP contribution in [0.15, 0.2) is 59.2 Å². The van der Waals surface area contributed by atoms with Crippen molar-refractivity contribution in [1.29, 1.82) is 0 Å². The first-order valence-electron chi connectivity index (χ1n) is 10.3. The zero-order chi connectivity index (χ0) is 20.8. The van der Waals surface area contributed by atoms with Gasteiger partial charge in [-0.05, 0) is 67.7 Å². The maximum atomic E-state index is 13.5. The van der Waals surface area contributed by atoms with Crippen LogP contribution in [0.25, 0.3) is 0 Å². The van der Waals surface area contributed by atoms with Gasteiger partial charge in [0.15, 0.2) is 11.6 Å². The molecule has 0 amide bonds. The number of Topliss-reactive ketones (excluding diaryl/α,β-unsaturated/α-hetero) is 2. The summed E-state index contributed by atoms with van der Waals surface area (Å²) < 4.78 is 5.38. The molecule has 1 saturated carbocycles. The maximum absolute atomic E-state index is 13.5. The van der Waals surface area contributed by atoms with E-state index in [0.29, 0.717) is 18.6 Å². The summed E-state index contributed by atoms with van der Waals surface area (Å²) in [5.41, 5.74) is 4.03. The summed E-state index contributed by atoms with van der Waals surface area (Å²) in [5.74, 6) is 0.629. The third-order valence-electron chi connectivity index (χ3n) is 5.14. The fourth-order valence-corrected chi connectivity index (χ4v) is 4.20. The second-order valence-electron chi connectivity index (χ2n) is 7.26. The highest BCUT2D eigenvalue weighted by atomic mass is 32.2. The Bertz CT molecular complexity index is 911. The molecule has 0 aromatic heterocycles. The fraction of sp³-hybridized carbons (Fsp3) is 0.360. The smallest absolute Gasteiger partial charge is 0.200 e. The molecule has 0 unspecified atom stereocenters. The summed E-state index contributed by atoms with van der Waals surface area (Å²) in [6, 6.07) is 14.0. The topological polar surface area (TPSA) is 43.4 Å². The van der Waals surface area contributed by atoms with Crippen LogP contribution >= 0.6 is 11.8 Å². The van der Waals surface area contributed by atoms with Gasteiger partial charge in [-0.2, -0.15) is 0 Å². The van der Waals surface area contributed by atoms with Gasteiger partial charge in [0.05, 0.1) is 12.9 Å². The molecule has 1 aliphatic rings. The van der Waals surface area contributed by atoms with Crippen LogP contribution in [0.2, 0.25) is 0 Å². The van der Waals surface area contributed by atoms with Crippen LogP contribution in [0.5, 0.6) is 0 Å². The number of thioether (sulfide) groups is 1. The van der Waals surface area contributed by atoms with Crippen LogP contribution < -0.4 is 0 Å². The van der Waals surface area contributed by atoms with Gasteiger partial charge >= 0.3 is 0 Å². The quantitative estimate of drug-likeness (QED) is 0.125. The highest BCUT2D eigenvalue weighted by molar-refractivity contribution is 7.99. The number of hydrogen-bond donors (Lipinski definition) is 0. The number of carbonyl (C=O) groups is 2. The summed E-state index contributed by atoms with van der Waals surface area (Å²) in [6.07, 6.45) is 3.75. The van der Waals surface area contributed by atoms with Gasteiger partial charge < -0.3 is 4.74 Å². The highest BCUT2D eigenvalue weighted by Crippen LogP contribution is 2.35. The number of ether oxygens (including phenoxy) is 1. The number of rotatable bonds is 10. The van der Waals surface area contributed by atoms with Crippen LogP contribution in [0.3, 0.4) is 0 Å². The van der Waals surface area contributed by atoms with Crippen molar-refractivity contribution < 1.29 is 14.3 Å². The van der Waals surface area contributed by atoms with E-state index in [1.165, 1.54) is 11.2 Å². The van der Waals surface area contributed by atoms with E-state index in [2.05, 4.69) is 26.0 Å². The van der Waals surface area contributed by atoms with E-state index >= 15 is 0 Å². The Morgan fingerprint density at radius 1 is 1.10 bits per heavy atom. The molecule has 1 fully saturated rings. The Balaban J connectivity index is 2.04. The molecule has 0 saturated heterocycles. The largest absolute Gasteiger partial charge is 0.501 e. The molecule has 0 radical (unpaired) electrons. The predicted molar refractivity (Wildman–Crippen MR) is 119 cm³/mol. The lowest BCUT2D eigenvalue weighted by Gasteiger charge is -2.16. The van der Waals surface area contributed by atoms with Crippen molar-refractivity contribution in [3.05, 3.63) is 76.6 Å².